The lowest BCUT2D eigenvalue weighted by Gasteiger charge is -2.04. The van der Waals surface area contributed by atoms with Crippen LogP contribution in [-0.4, -0.2) is 5.11 Å². The van der Waals surface area contributed by atoms with Crippen molar-refractivity contribution in [3.63, 3.8) is 0 Å². The zero-order chi connectivity index (χ0) is 20.4. The minimum atomic E-state index is -0.441. The molecule has 2 aromatic carbocycles. The standard InChI is InChI=1S/C8H7Br2Cl.C8H8BrClO.Br3P/c1-5(9)6-2-3-8(11)7(10)4-6;1-5(11)6-2-3-8(10)7(9)4-6;1-4(2)3/h2-5H,1H3;2-5,11H,1H3;. The summed E-state index contributed by atoms with van der Waals surface area (Å²) >= 11 is 31.2. The van der Waals surface area contributed by atoms with Gasteiger partial charge in [0, 0.05) is 13.8 Å². The lowest BCUT2D eigenvalue weighted by Crippen LogP contribution is -1.89. The highest BCUT2D eigenvalue weighted by Crippen LogP contribution is 2.59. The van der Waals surface area contributed by atoms with E-state index in [-0.39, 0.29) is 4.03 Å². The van der Waals surface area contributed by atoms with Crippen LogP contribution in [-0.2, 0) is 0 Å². The van der Waals surface area contributed by atoms with E-state index >= 15 is 0 Å². The summed E-state index contributed by atoms with van der Waals surface area (Å²) in [7, 11) is 0. The molecule has 0 fully saturated rings. The molecule has 0 spiro atoms. The van der Waals surface area contributed by atoms with Crippen molar-refractivity contribution in [2.75, 3.05) is 0 Å². The van der Waals surface area contributed by atoms with Crippen LogP contribution in [0.3, 0.4) is 0 Å². The van der Waals surface area contributed by atoms with E-state index in [0.29, 0.717) is 9.85 Å². The molecule has 10 heteroatoms. The Morgan fingerprint density at radius 1 is 0.846 bits per heavy atom. The molecule has 0 saturated carbocycles. The van der Waals surface area contributed by atoms with E-state index in [9.17, 15) is 5.11 Å². The molecule has 26 heavy (non-hydrogen) atoms. The van der Waals surface area contributed by atoms with E-state index in [1.807, 2.05) is 24.3 Å². The molecule has 0 heterocycles. The van der Waals surface area contributed by atoms with Crippen LogP contribution in [0.2, 0.25) is 10.0 Å². The van der Waals surface area contributed by atoms with Gasteiger partial charge in [-0.15, -0.1) is 0 Å². The van der Waals surface area contributed by atoms with Gasteiger partial charge in [-0.05, 0) is 128 Å². The Labute approximate surface area is 215 Å². The first-order chi connectivity index (χ1) is 12.0. The number of aliphatic hydroxyl groups excluding tert-OH is 1. The van der Waals surface area contributed by atoms with Crippen LogP contribution in [0.25, 0.3) is 0 Å². The summed E-state index contributed by atoms with van der Waals surface area (Å²) in [5.74, 6) is 0. The summed E-state index contributed by atoms with van der Waals surface area (Å²) in [5.41, 5.74) is 2.09. The highest BCUT2D eigenvalue weighted by atomic mass is 80.0. The fourth-order valence-electron chi connectivity index (χ4n) is 1.53. The van der Waals surface area contributed by atoms with Gasteiger partial charge in [0.15, 0.2) is 0 Å². The molecule has 2 aromatic rings. The summed E-state index contributed by atoms with van der Waals surface area (Å²) in [6, 6.07) is 11.3. The Kier molecular flexibility index (Phi) is 16.5. The number of alkyl halides is 1. The largest absolute Gasteiger partial charge is 0.389 e. The number of hydrogen-bond acceptors (Lipinski definition) is 1. The van der Waals surface area contributed by atoms with Gasteiger partial charge in [-0.2, -0.15) is 0 Å². The van der Waals surface area contributed by atoms with Crippen molar-refractivity contribution in [2.24, 2.45) is 0 Å². The third kappa shape index (κ3) is 12.8. The number of aliphatic hydroxyl groups is 1. The Morgan fingerprint density at radius 3 is 1.50 bits per heavy atom. The van der Waals surface area contributed by atoms with E-state index < -0.39 is 6.10 Å². The molecule has 0 saturated heterocycles. The Hall–Kier alpha value is 2.29. The second-order valence-corrected chi connectivity index (χ2v) is 24.1. The zero-order valence-electron chi connectivity index (χ0n) is 13.5. The second kappa shape index (κ2) is 15.1. The van der Waals surface area contributed by atoms with E-state index in [1.165, 1.54) is 5.56 Å². The van der Waals surface area contributed by atoms with E-state index in [1.54, 1.807) is 19.1 Å². The summed E-state index contributed by atoms with van der Waals surface area (Å²) in [4.78, 5) is 0.371. The van der Waals surface area contributed by atoms with Crippen molar-refractivity contribution in [3.8, 4) is 0 Å². The fourth-order valence-corrected chi connectivity index (χ4v) is 2.84. The lowest BCUT2D eigenvalue weighted by molar-refractivity contribution is 0.199. The van der Waals surface area contributed by atoms with Crippen LogP contribution in [0, 0.1) is 0 Å². The SMILES string of the molecule is BrP(Br)Br.CC(Br)c1ccc(Cl)c(Br)c1.CC(O)c1ccc(Cl)c(Br)c1. The highest BCUT2D eigenvalue weighted by Gasteiger charge is 2.03. The summed E-state index contributed by atoms with van der Waals surface area (Å²) in [6.07, 6.45) is -0.441. The van der Waals surface area contributed by atoms with Gasteiger partial charge in [-0.3, -0.25) is 0 Å². The molecule has 0 radical (unpaired) electrons. The maximum Gasteiger partial charge on any atom is 0.103 e. The normalized spacial score (nSPS) is 12.5. The first-order valence-electron chi connectivity index (χ1n) is 6.95. The molecule has 0 aliphatic heterocycles. The molecule has 0 amide bonds. The quantitative estimate of drug-likeness (QED) is 0.237. The minimum Gasteiger partial charge on any atom is -0.389 e. The van der Waals surface area contributed by atoms with Crippen molar-refractivity contribution < 1.29 is 5.11 Å². The predicted molar refractivity (Wildman–Crippen MR) is 140 cm³/mol. The highest BCUT2D eigenvalue weighted by molar-refractivity contribution is 9.93. The van der Waals surface area contributed by atoms with Crippen LogP contribution in [0.4, 0.5) is 0 Å². The third-order valence-corrected chi connectivity index (χ3v) is 5.79. The van der Waals surface area contributed by atoms with Gasteiger partial charge in [0.1, 0.15) is 4.03 Å². The van der Waals surface area contributed by atoms with Crippen molar-refractivity contribution >= 4 is 121 Å². The van der Waals surface area contributed by atoms with Crippen molar-refractivity contribution in [1.82, 2.24) is 0 Å². The van der Waals surface area contributed by atoms with E-state index in [4.69, 9.17) is 23.2 Å². The Morgan fingerprint density at radius 2 is 1.19 bits per heavy atom. The number of halogens is 8. The van der Waals surface area contributed by atoms with Gasteiger partial charge >= 0.3 is 0 Å². The summed E-state index contributed by atoms with van der Waals surface area (Å²) in [5, 5.41) is 10.6. The van der Waals surface area contributed by atoms with Crippen molar-refractivity contribution in [1.29, 1.82) is 0 Å². The predicted octanol–water partition coefficient (Wildman–Crippen LogP) is 11.1. The minimum absolute atomic E-state index is 0.183. The second-order valence-electron chi connectivity index (χ2n) is 4.83. The van der Waals surface area contributed by atoms with Crippen LogP contribution >= 0.6 is 121 Å². The molecule has 0 aliphatic rings. The van der Waals surface area contributed by atoms with Gasteiger partial charge in [-0.1, -0.05) is 51.3 Å². The van der Waals surface area contributed by atoms with Crippen LogP contribution in [0.1, 0.15) is 35.9 Å². The Bertz CT molecular complexity index is 628. The number of rotatable bonds is 2. The smallest absolute Gasteiger partial charge is 0.103 e. The first-order valence-corrected chi connectivity index (χ1v) is 17.6. The van der Waals surface area contributed by atoms with Gasteiger partial charge in [0.2, 0.25) is 0 Å². The molecule has 2 unspecified atom stereocenters. The molecule has 1 nitrogen and oxygen atoms in total. The van der Waals surface area contributed by atoms with Crippen LogP contribution in [0.5, 0.6) is 0 Å². The molecule has 0 bridgehead atoms. The fraction of sp³-hybridized carbons (Fsp3) is 0.250. The molecule has 2 rings (SSSR count). The lowest BCUT2D eigenvalue weighted by atomic mass is 10.1. The van der Waals surface area contributed by atoms with Gasteiger partial charge in [0.05, 0.1) is 16.1 Å². The average Bonchev–Trinajstić information content (AvgIpc) is 2.52. The Balaban J connectivity index is 0.000000401. The van der Waals surface area contributed by atoms with Crippen molar-refractivity contribution in [2.45, 2.75) is 24.8 Å². The van der Waals surface area contributed by atoms with E-state index in [0.717, 1.165) is 19.5 Å². The average molecular weight is 805 g/mol. The van der Waals surface area contributed by atoms with Gasteiger partial charge in [0.25, 0.3) is 0 Å². The van der Waals surface area contributed by atoms with Gasteiger partial charge < -0.3 is 5.11 Å². The summed E-state index contributed by atoms with van der Waals surface area (Å²) < 4.78 is 1.58. The molecular formula is C16H15Br6Cl2OP. The molecule has 1 N–H and O–H groups in total. The monoisotopic (exact) mass is 798 g/mol. The zero-order valence-corrected chi connectivity index (χ0v) is 25.5. The molecule has 146 valence electrons. The van der Waals surface area contributed by atoms with Gasteiger partial charge in [-0.25, -0.2) is 0 Å². The molecule has 0 aliphatic carbocycles. The topological polar surface area (TPSA) is 20.2 Å². The first kappa shape index (κ1) is 28.3. The van der Waals surface area contributed by atoms with Crippen LogP contribution in [0.15, 0.2) is 45.3 Å². The molecule has 2 atom stereocenters. The van der Waals surface area contributed by atoms with E-state index in [2.05, 4.69) is 101 Å². The molecule has 0 aromatic heterocycles. The third-order valence-electron chi connectivity index (χ3n) is 2.83. The maximum atomic E-state index is 9.18. The maximum absolute atomic E-state index is 9.18. The summed E-state index contributed by atoms with van der Waals surface area (Å²) in [6.45, 7) is 3.80. The van der Waals surface area contributed by atoms with Crippen molar-refractivity contribution in [3.05, 3.63) is 66.5 Å². The number of hydrogen-bond donors (Lipinski definition) is 1. The number of benzene rings is 2. The van der Waals surface area contributed by atoms with Crippen LogP contribution < -0.4 is 0 Å². The molecular weight excluding hydrogens is 789 g/mol.